The molecule has 1 aliphatic rings. The van der Waals surface area contributed by atoms with E-state index in [1.54, 1.807) is 0 Å². The van der Waals surface area contributed by atoms with Crippen molar-refractivity contribution in [2.24, 2.45) is 11.1 Å². The molecule has 0 saturated carbocycles. The third-order valence-corrected chi connectivity index (χ3v) is 3.73. The quantitative estimate of drug-likeness (QED) is 0.835. The van der Waals surface area contributed by atoms with E-state index >= 15 is 0 Å². The number of anilines is 1. The van der Waals surface area contributed by atoms with Gasteiger partial charge in [0.2, 0.25) is 17.1 Å². The number of nitrogens with zero attached hydrogens (tertiary/aromatic N) is 7. The molecule has 2 aromatic heterocycles. The van der Waals surface area contributed by atoms with Crippen molar-refractivity contribution in [1.29, 1.82) is 0 Å². The number of aromatic nitrogens is 6. The molecule has 1 unspecified atom stereocenters. The van der Waals surface area contributed by atoms with Crippen LogP contribution in [0.1, 0.15) is 13.3 Å². The summed E-state index contributed by atoms with van der Waals surface area (Å²) < 4.78 is 1.39. The molecule has 21 heavy (non-hydrogen) atoms. The fourth-order valence-corrected chi connectivity index (χ4v) is 2.37. The largest absolute Gasteiger partial charge is 0.369 e. The maximum Gasteiger partial charge on any atom is 0.258 e. The Kier molecular flexibility index (Phi) is 3.20. The molecule has 3 heterocycles. The van der Waals surface area contributed by atoms with Crippen molar-refractivity contribution in [2.45, 2.75) is 13.3 Å². The van der Waals surface area contributed by atoms with Gasteiger partial charge in [0.15, 0.2) is 0 Å². The van der Waals surface area contributed by atoms with Crippen molar-refractivity contribution in [1.82, 2.24) is 29.7 Å². The second kappa shape index (κ2) is 4.92. The van der Waals surface area contributed by atoms with Crippen molar-refractivity contribution in [3.8, 4) is 5.95 Å². The molecule has 1 saturated heterocycles. The zero-order valence-electron chi connectivity index (χ0n) is 11.3. The predicted molar refractivity (Wildman–Crippen MR) is 73.9 cm³/mol. The third kappa shape index (κ3) is 2.51. The Morgan fingerprint density at radius 2 is 2.14 bits per heavy atom. The highest BCUT2D eigenvalue weighted by Gasteiger charge is 2.40. The van der Waals surface area contributed by atoms with Gasteiger partial charge in [0, 0.05) is 13.1 Å². The van der Waals surface area contributed by atoms with Gasteiger partial charge >= 0.3 is 0 Å². The van der Waals surface area contributed by atoms with Gasteiger partial charge in [0.1, 0.15) is 12.7 Å². The molecular weight excluding hydrogens is 296 g/mol. The van der Waals surface area contributed by atoms with Crippen molar-refractivity contribution in [3.63, 3.8) is 0 Å². The summed E-state index contributed by atoms with van der Waals surface area (Å²) in [4.78, 5) is 29.6. The fraction of sp³-hybridized carbons (Fsp3) is 0.455. The number of carbonyl (C=O) groups is 1. The van der Waals surface area contributed by atoms with Crippen LogP contribution in [0.3, 0.4) is 0 Å². The summed E-state index contributed by atoms with van der Waals surface area (Å²) in [5, 5.41) is 4.01. The van der Waals surface area contributed by atoms with Crippen LogP contribution in [0.5, 0.6) is 0 Å². The third-order valence-electron chi connectivity index (χ3n) is 3.56. The van der Waals surface area contributed by atoms with Crippen LogP contribution >= 0.6 is 11.6 Å². The van der Waals surface area contributed by atoms with Crippen LogP contribution in [0.4, 0.5) is 5.95 Å². The van der Waals surface area contributed by atoms with E-state index in [4.69, 9.17) is 17.3 Å². The van der Waals surface area contributed by atoms with Crippen molar-refractivity contribution in [3.05, 3.63) is 17.9 Å². The number of halogens is 1. The number of primary amides is 1. The summed E-state index contributed by atoms with van der Waals surface area (Å²) in [6.07, 6.45) is 3.48. The number of nitrogens with two attached hydrogens (primary N) is 1. The Labute approximate surface area is 125 Å². The van der Waals surface area contributed by atoms with Gasteiger partial charge in [-0.3, -0.25) is 4.79 Å². The first kappa shape index (κ1) is 13.7. The maximum atomic E-state index is 11.5. The lowest BCUT2D eigenvalue weighted by atomic mass is 9.89. The maximum absolute atomic E-state index is 11.5. The van der Waals surface area contributed by atoms with Gasteiger partial charge in [-0.15, -0.1) is 0 Å². The minimum atomic E-state index is -0.591. The molecule has 1 aliphatic heterocycles. The molecule has 1 fully saturated rings. The summed E-state index contributed by atoms with van der Waals surface area (Å²) in [5.41, 5.74) is 4.85. The highest BCUT2D eigenvalue weighted by Crippen LogP contribution is 2.31. The lowest BCUT2D eigenvalue weighted by Crippen LogP contribution is -2.37. The highest BCUT2D eigenvalue weighted by atomic mass is 35.5. The van der Waals surface area contributed by atoms with E-state index in [-0.39, 0.29) is 17.1 Å². The Morgan fingerprint density at radius 3 is 2.76 bits per heavy atom. The molecule has 0 radical (unpaired) electrons. The zero-order valence-corrected chi connectivity index (χ0v) is 12.0. The summed E-state index contributed by atoms with van der Waals surface area (Å²) in [5.74, 6) is 0.335. The first-order valence-electron chi connectivity index (χ1n) is 6.29. The van der Waals surface area contributed by atoms with Gasteiger partial charge in [0.25, 0.3) is 5.95 Å². The topological polar surface area (TPSA) is 116 Å². The lowest BCUT2D eigenvalue weighted by molar-refractivity contribution is -0.125. The fourth-order valence-electron chi connectivity index (χ4n) is 2.22. The minimum Gasteiger partial charge on any atom is -0.369 e. The molecule has 9 nitrogen and oxygen atoms in total. The molecule has 1 amide bonds. The van der Waals surface area contributed by atoms with Crippen molar-refractivity contribution in [2.75, 3.05) is 18.0 Å². The van der Waals surface area contributed by atoms with Crippen LogP contribution in [-0.4, -0.2) is 48.7 Å². The molecular formula is C11H13ClN8O. The van der Waals surface area contributed by atoms with E-state index in [0.717, 1.165) is 0 Å². The minimum absolute atomic E-state index is 0.0539. The van der Waals surface area contributed by atoms with Crippen LogP contribution in [0, 0.1) is 5.41 Å². The van der Waals surface area contributed by atoms with E-state index in [1.807, 2.05) is 11.8 Å². The molecule has 0 aromatic carbocycles. The van der Waals surface area contributed by atoms with E-state index in [0.29, 0.717) is 25.5 Å². The Balaban J connectivity index is 1.92. The molecule has 110 valence electrons. The molecule has 3 rings (SSSR count). The van der Waals surface area contributed by atoms with E-state index in [2.05, 4.69) is 25.0 Å². The first-order valence-corrected chi connectivity index (χ1v) is 6.67. The number of hydrogen-bond acceptors (Lipinski definition) is 7. The molecule has 0 bridgehead atoms. The van der Waals surface area contributed by atoms with Crippen LogP contribution in [-0.2, 0) is 4.79 Å². The van der Waals surface area contributed by atoms with Crippen LogP contribution in [0.15, 0.2) is 12.7 Å². The Hall–Kier alpha value is -2.29. The number of rotatable bonds is 3. The van der Waals surface area contributed by atoms with Gasteiger partial charge in [-0.2, -0.15) is 24.7 Å². The van der Waals surface area contributed by atoms with Gasteiger partial charge in [-0.25, -0.2) is 4.98 Å². The van der Waals surface area contributed by atoms with Crippen LogP contribution in [0.2, 0.25) is 5.28 Å². The van der Waals surface area contributed by atoms with Crippen molar-refractivity contribution < 1.29 is 4.79 Å². The lowest BCUT2D eigenvalue weighted by Gasteiger charge is -2.21. The Morgan fingerprint density at radius 1 is 1.38 bits per heavy atom. The number of hydrogen-bond donors (Lipinski definition) is 1. The number of carbonyl (C=O) groups excluding carboxylic acids is 1. The molecule has 1 atom stereocenters. The predicted octanol–water partition coefficient (Wildman–Crippen LogP) is -0.193. The van der Waals surface area contributed by atoms with Crippen molar-refractivity contribution >= 4 is 23.5 Å². The smallest absolute Gasteiger partial charge is 0.258 e. The summed E-state index contributed by atoms with van der Waals surface area (Å²) in [7, 11) is 0. The monoisotopic (exact) mass is 308 g/mol. The second-order valence-corrected chi connectivity index (χ2v) is 5.48. The van der Waals surface area contributed by atoms with E-state index in [1.165, 1.54) is 17.3 Å². The van der Waals surface area contributed by atoms with Gasteiger partial charge in [-0.05, 0) is 24.9 Å². The van der Waals surface area contributed by atoms with Crippen LogP contribution in [0.25, 0.3) is 5.95 Å². The van der Waals surface area contributed by atoms with E-state index < -0.39 is 5.41 Å². The average molecular weight is 309 g/mol. The summed E-state index contributed by atoms with van der Waals surface area (Å²) in [6, 6.07) is 0. The van der Waals surface area contributed by atoms with Gasteiger partial charge < -0.3 is 10.6 Å². The van der Waals surface area contributed by atoms with Crippen LogP contribution < -0.4 is 10.6 Å². The average Bonchev–Trinajstić information content (AvgIpc) is 3.08. The second-order valence-electron chi connectivity index (χ2n) is 5.14. The standard InChI is InChI=1S/C11H13ClN8O/c1-11(7(13)21)2-3-19(4-11)9-16-8(12)17-10(18-9)20-6-14-5-15-20/h5-6H,2-4H2,1H3,(H2,13,21). The summed E-state index contributed by atoms with van der Waals surface area (Å²) >= 11 is 5.94. The SMILES string of the molecule is CC1(C(N)=O)CCN(c2nc(Cl)nc(-n3cncn3)n2)C1. The first-order chi connectivity index (χ1) is 9.98. The summed E-state index contributed by atoms with van der Waals surface area (Å²) in [6.45, 7) is 2.90. The zero-order chi connectivity index (χ0) is 15.0. The normalized spacial score (nSPS) is 21.7. The Bertz CT molecular complexity index is 675. The molecule has 0 aliphatic carbocycles. The highest BCUT2D eigenvalue weighted by molar-refractivity contribution is 6.28. The molecule has 2 N–H and O–H groups in total. The molecule has 0 spiro atoms. The van der Waals surface area contributed by atoms with E-state index in [9.17, 15) is 4.79 Å². The van der Waals surface area contributed by atoms with Gasteiger partial charge in [0.05, 0.1) is 5.41 Å². The van der Waals surface area contributed by atoms with Gasteiger partial charge in [-0.1, -0.05) is 0 Å². The number of amides is 1. The molecule has 2 aromatic rings. The molecule has 10 heteroatoms.